The van der Waals surface area contributed by atoms with Crippen LogP contribution in [0.4, 0.5) is 0 Å². The van der Waals surface area contributed by atoms with E-state index in [9.17, 15) is 0 Å². The molecule has 6 nitrogen and oxygen atoms in total. The van der Waals surface area contributed by atoms with Crippen molar-refractivity contribution in [1.29, 1.82) is 0 Å². The van der Waals surface area contributed by atoms with Gasteiger partial charge in [0.2, 0.25) is 5.16 Å². The minimum atomic E-state index is 0.539. The van der Waals surface area contributed by atoms with E-state index in [-0.39, 0.29) is 0 Å². The average molecular weight is 419 g/mol. The van der Waals surface area contributed by atoms with Crippen LogP contribution in [0.15, 0.2) is 84.0 Å². The van der Waals surface area contributed by atoms with Gasteiger partial charge in [0.25, 0.3) is 0 Å². The van der Waals surface area contributed by atoms with Gasteiger partial charge in [-0.3, -0.25) is 0 Å². The van der Waals surface area contributed by atoms with Crippen molar-refractivity contribution in [3.63, 3.8) is 0 Å². The van der Waals surface area contributed by atoms with Gasteiger partial charge in [-0.05, 0) is 35.4 Å². The first kappa shape index (κ1) is 19.8. The van der Waals surface area contributed by atoms with E-state index in [0.717, 1.165) is 22.4 Å². The minimum absolute atomic E-state index is 0.539. The number of hydrogen-bond donors (Lipinski definition) is 1. The third kappa shape index (κ3) is 4.58. The summed E-state index contributed by atoms with van der Waals surface area (Å²) < 4.78 is 12.8. The summed E-state index contributed by atoms with van der Waals surface area (Å²) in [7, 11) is 1.62. The lowest BCUT2D eigenvalue weighted by molar-refractivity contribution is 0.306. The number of rotatable bonds is 8. The van der Waals surface area contributed by atoms with Gasteiger partial charge < -0.3 is 15.3 Å². The van der Waals surface area contributed by atoms with Crippen molar-refractivity contribution >= 4 is 11.8 Å². The number of thioether (sulfide) groups is 1. The fraction of sp³-hybridized carbons (Fsp3) is 0.130. The number of aromatic nitrogens is 3. The lowest BCUT2D eigenvalue weighted by atomic mass is 10.2. The van der Waals surface area contributed by atoms with E-state index < -0.39 is 0 Å². The molecule has 4 aromatic rings. The minimum Gasteiger partial charge on any atom is -0.496 e. The summed E-state index contributed by atoms with van der Waals surface area (Å²) in [6.07, 6.45) is 0. The molecule has 0 radical (unpaired) electrons. The van der Waals surface area contributed by atoms with Crippen molar-refractivity contribution in [2.75, 3.05) is 13.0 Å². The number of para-hydroxylation sites is 1. The van der Waals surface area contributed by atoms with E-state index in [1.54, 1.807) is 7.11 Å². The van der Waals surface area contributed by atoms with Crippen LogP contribution in [0.25, 0.3) is 11.4 Å². The third-order valence-electron chi connectivity index (χ3n) is 4.53. The lowest BCUT2D eigenvalue weighted by Crippen LogP contribution is -2.12. The van der Waals surface area contributed by atoms with Gasteiger partial charge >= 0.3 is 0 Å². The molecule has 0 fully saturated rings. The zero-order valence-electron chi connectivity index (χ0n) is 16.6. The number of nitrogens with two attached hydrogens (primary N) is 1. The molecule has 1 aromatic heterocycles. The molecule has 0 saturated carbocycles. The average Bonchev–Trinajstić information content (AvgIpc) is 3.17. The highest BCUT2D eigenvalue weighted by atomic mass is 32.2. The Hall–Kier alpha value is -3.45. The van der Waals surface area contributed by atoms with Gasteiger partial charge in [0, 0.05) is 5.75 Å². The van der Waals surface area contributed by atoms with Crippen LogP contribution in [0, 0.1) is 0 Å². The van der Waals surface area contributed by atoms with Crippen LogP contribution >= 0.6 is 11.8 Å². The lowest BCUT2D eigenvalue weighted by Gasteiger charge is -2.09. The van der Waals surface area contributed by atoms with Gasteiger partial charge in [-0.25, -0.2) is 4.68 Å². The van der Waals surface area contributed by atoms with Gasteiger partial charge in [-0.2, -0.15) is 0 Å². The van der Waals surface area contributed by atoms with Crippen molar-refractivity contribution in [2.45, 2.75) is 17.5 Å². The van der Waals surface area contributed by atoms with Gasteiger partial charge in [0.05, 0.1) is 12.7 Å². The Labute approximate surface area is 179 Å². The predicted octanol–water partition coefficient (Wildman–Crippen LogP) is 4.54. The third-order valence-corrected chi connectivity index (χ3v) is 5.54. The number of methoxy groups -OCH3 is 1. The van der Waals surface area contributed by atoms with Crippen molar-refractivity contribution < 1.29 is 9.47 Å². The van der Waals surface area contributed by atoms with Crippen LogP contribution < -0.4 is 15.3 Å². The number of nitrogen functional groups attached to an aromatic ring is 1. The molecule has 0 saturated heterocycles. The normalized spacial score (nSPS) is 10.7. The SMILES string of the molecule is COc1ccccc1-c1nnc(SCc2cccc(OCc3ccccc3)c2)n1N. The number of ether oxygens (including phenoxy) is 2. The number of benzene rings is 3. The monoisotopic (exact) mass is 418 g/mol. The first-order valence-corrected chi connectivity index (χ1v) is 10.5. The molecule has 0 spiro atoms. The van der Waals surface area contributed by atoms with E-state index in [1.807, 2.05) is 72.8 Å². The Morgan fingerprint density at radius 3 is 2.50 bits per heavy atom. The molecule has 0 bridgehead atoms. The molecule has 0 atom stereocenters. The second-order valence-electron chi connectivity index (χ2n) is 6.59. The Morgan fingerprint density at radius 1 is 0.900 bits per heavy atom. The molecule has 0 aliphatic carbocycles. The van der Waals surface area contributed by atoms with Crippen molar-refractivity contribution in [1.82, 2.24) is 14.9 Å². The van der Waals surface area contributed by atoms with Crippen molar-refractivity contribution in [3.8, 4) is 22.9 Å². The Kier molecular flexibility index (Phi) is 6.20. The van der Waals surface area contributed by atoms with Gasteiger partial charge in [-0.1, -0.05) is 66.4 Å². The van der Waals surface area contributed by atoms with E-state index >= 15 is 0 Å². The maximum Gasteiger partial charge on any atom is 0.210 e. The first-order chi connectivity index (χ1) is 14.7. The maximum absolute atomic E-state index is 6.26. The van der Waals surface area contributed by atoms with Gasteiger partial charge in [0.15, 0.2) is 5.82 Å². The van der Waals surface area contributed by atoms with Crippen molar-refractivity contribution in [3.05, 3.63) is 90.0 Å². The molecule has 7 heteroatoms. The fourth-order valence-electron chi connectivity index (χ4n) is 3.00. The number of hydrogen-bond acceptors (Lipinski definition) is 6. The maximum atomic E-state index is 6.26. The molecule has 0 aliphatic rings. The van der Waals surface area contributed by atoms with Crippen LogP contribution in [-0.4, -0.2) is 22.0 Å². The zero-order chi connectivity index (χ0) is 20.8. The second-order valence-corrected chi connectivity index (χ2v) is 7.53. The van der Waals surface area contributed by atoms with Gasteiger partial charge in [0.1, 0.15) is 18.1 Å². The first-order valence-electron chi connectivity index (χ1n) is 9.47. The molecule has 0 unspecified atom stereocenters. The Balaban J connectivity index is 1.42. The summed E-state index contributed by atoms with van der Waals surface area (Å²) in [5.74, 6) is 9.06. The van der Waals surface area contributed by atoms with E-state index in [2.05, 4.69) is 16.3 Å². The van der Waals surface area contributed by atoms with E-state index in [4.69, 9.17) is 15.3 Å². The van der Waals surface area contributed by atoms with Crippen LogP contribution in [0.5, 0.6) is 11.5 Å². The molecule has 2 N–H and O–H groups in total. The largest absolute Gasteiger partial charge is 0.496 e. The fourth-order valence-corrected chi connectivity index (χ4v) is 3.80. The molecule has 1 heterocycles. The highest BCUT2D eigenvalue weighted by molar-refractivity contribution is 7.98. The highest BCUT2D eigenvalue weighted by Gasteiger charge is 2.15. The molecular formula is C23H22N4O2S. The Bertz CT molecular complexity index is 1120. The summed E-state index contributed by atoms with van der Waals surface area (Å²) >= 11 is 1.52. The summed E-state index contributed by atoms with van der Waals surface area (Å²) in [5, 5.41) is 9.13. The zero-order valence-corrected chi connectivity index (χ0v) is 17.4. The van der Waals surface area contributed by atoms with Crippen LogP contribution in [0.3, 0.4) is 0 Å². The molecule has 4 rings (SSSR count). The summed E-state index contributed by atoms with van der Waals surface area (Å²) in [6, 6.07) is 25.8. The predicted molar refractivity (Wildman–Crippen MR) is 119 cm³/mol. The highest BCUT2D eigenvalue weighted by Crippen LogP contribution is 2.30. The molecular weight excluding hydrogens is 396 g/mol. The van der Waals surface area contributed by atoms with Crippen molar-refractivity contribution in [2.24, 2.45) is 0 Å². The standard InChI is InChI=1S/C23H22N4O2S/c1-28-21-13-6-5-12-20(21)22-25-26-23(27(22)24)30-16-18-10-7-11-19(14-18)29-15-17-8-3-2-4-9-17/h2-14H,15-16,24H2,1H3. The van der Waals surface area contributed by atoms with Crippen LogP contribution in [0.2, 0.25) is 0 Å². The smallest absolute Gasteiger partial charge is 0.210 e. The van der Waals surface area contributed by atoms with Crippen LogP contribution in [-0.2, 0) is 12.4 Å². The topological polar surface area (TPSA) is 75.2 Å². The number of nitrogens with zero attached hydrogens (tertiary/aromatic N) is 3. The van der Waals surface area contributed by atoms with Crippen LogP contribution in [0.1, 0.15) is 11.1 Å². The van der Waals surface area contributed by atoms with Gasteiger partial charge in [-0.15, -0.1) is 10.2 Å². The molecule has 152 valence electrons. The van der Waals surface area contributed by atoms with E-state index in [1.165, 1.54) is 16.4 Å². The molecule has 30 heavy (non-hydrogen) atoms. The summed E-state index contributed by atoms with van der Waals surface area (Å²) in [5.41, 5.74) is 3.06. The quantitative estimate of drug-likeness (QED) is 0.334. The molecule has 0 amide bonds. The molecule has 3 aromatic carbocycles. The molecule has 0 aliphatic heterocycles. The summed E-state index contributed by atoms with van der Waals surface area (Å²) in [4.78, 5) is 0. The second kappa shape index (κ2) is 9.37. The van der Waals surface area contributed by atoms with E-state index in [0.29, 0.717) is 29.1 Å². The summed E-state index contributed by atoms with van der Waals surface area (Å²) in [6.45, 7) is 0.539. The Morgan fingerprint density at radius 2 is 1.67 bits per heavy atom.